The Hall–Kier alpha value is -3.32. The Morgan fingerprint density at radius 2 is 1.73 bits per heavy atom. The summed E-state index contributed by atoms with van der Waals surface area (Å²) >= 11 is 1.41. The van der Waals surface area contributed by atoms with Crippen LogP contribution in [0.25, 0.3) is 21.6 Å². The summed E-state index contributed by atoms with van der Waals surface area (Å²) in [6, 6.07) is 15.0. The van der Waals surface area contributed by atoms with E-state index in [0.717, 1.165) is 59.0 Å². The van der Waals surface area contributed by atoms with Gasteiger partial charge in [0, 0.05) is 40.5 Å². The Morgan fingerprint density at radius 3 is 2.43 bits per heavy atom. The average Bonchev–Trinajstić information content (AvgIpc) is 3.27. The fourth-order valence-electron chi connectivity index (χ4n) is 4.90. The van der Waals surface area contributed by atoms with E-state index in [1.807, 2.05) is 25.1 Å². The van der Waals surface area contributed by atoms with Crippen LogP contribution in [0.15, 0.2) is 48.7 Å². The summed E-state index contributed by atoms with van der Waals surface area (Å²) in [4.78, 5) is 27.7. The quantitative estimate of drug-likeness (QED) is 0.306. The molecule has 2 N–H and O–H groups in total. The van der Waals surface area contributed by atoms with Gasteiger partial charge in [-0.15, -0.1) is 11.3 Å². The fraction of sp³-hybridized carbons (Fsp3) is 0.400. The highest BCUT2D eigenvalue weighted by Crippen LogP contribution is 2.32. The van der Waals surface area contributed by atoms with Crippen molar-refractivity contribution in [3.8, 4) is 10.7 Å². The summed E-state index contributed by atoms with van der Waals surface area (Å²) in [5.74, 6) is -0.0287. The highest BCUT2D eigenvalue weighted by molar-refractivity contribution is 7.17. The largest absolute Gasteiger partial charge is 0.382 e. The lowest BCUT2D eigenvalue weighted by molar-refractivity contribution is 0.0930. The smallest absolute Gasteiger partial charge is 0.263 e. The monoisotopic (exact) mass is 513 g/mol. The Morgan fingerprint density at radius 1 is 0.973 bits per heavy atom. The van der Waals surface area contributed by atoms with Gasteiger partial charge in [-0.3, -0.25) is 14.8 Å². The van der Waals surface area contributed by atoms with E-state index < -0.39 is 0 Å². The minimum absolute atomic E-state index is 0.0251. The molecular formula is C30H35N5OS. The third-order valence-corrected chi connectivity index (χ3v) is 8.22. The lowest BCUT2D eigenvalue weighted by atomic mass is 9.89. The van der Waals surface area contributed by atoms with Gasteiger partial charge in [0.05, 0.1) is 16.9 Å². The Kier molecular flexibility index (Phi) is 6.99. The number of thiazole rings is 1. The molecule has 1 saturated carbocycles. The second-order valence-electron chi connectivity index (χ2n) is 11.1. The minimum atomic E-state index is -0.0287. The minimum Gasteiger partial charge on any atom is -0.382 e. The van der Waals surface area contributed by atoms with E-state index in [1.54, 1.807) is 6.20 Å². The number of rotatable bonds is 5. The normalized spacial score (nSPS) is 18.1. The number of nitrogens with zero attached hydrogens (tertiary/aromatic N) is 3. The van der Waals surface area contributed by atoms with Crippen molar-refractivity contribution in [1.82, 2.24) is 20.3 Å². The van der Waals surface area contributed by atoms with Crippen LogP contribution < -0.4 is 10.6 Å². The summed E-state index contributed by atoms with van der Waals surface area (Å²) < 4.78 is 0. The first-order chi connectivity index (χ1) is 17.7. The zero-order chi connectivity index (χ0) is 26.2. The van der Waals surface area contributed by atoms with E-state index in [1.165, 1.54) is 22.3 Å². The molecule has 4 aromatic rings. The van der Waals surface area contributed by atoms with Crippen LogP contribution in [-0.2, 0) is 5.41 Å². The molecule has 5 rings (SSSR count). The number of hydrogen-bond acceptors (Lipinski definition) is 6. The highest BCUT2D eigenvalue weighted by atomic mass is 32.1. The number of anilines is 1. The Labute approximate surface area is 223 Å². The molecule has 0 spiro atoms. The molecule has 1 amide bonds. The summed E-state index contributed by atoms with van der Waals surface area (Å²) in [5, 5.41) is 9.05. The van der Waals surface area contributed by atoms with Crippen LogP contribution in [-0.4, -0.2) is 32.9 Å². The van der Waals surface area contributed by atoms with Crippen LogP contribution in [0.2, 0.25) is 0 Å². The number of nitrogens with one attached hydrogen (secondary N) is 2. The summed E-state index contributed by atoms with van der Waals surface area (Å²) in [7, 11) is 0. The van der Waals surface area contributed by atoms with E-state index in [4.69, 9.17) is 4.98 Å². The van der Waals surface area contributed by atoms with E-state index in [2.05, 4.69) is 72.6 Å². The molecule has 0 saturated heterocycles. The van der Waals surface area contributed by atoms with E-state index in [0.29, 0.717) is 10.9 Å². The van der Waals surface area contributed by atoms with Gasteiger partial charge in [0.1, 0.15) is 9.88 Å². The molecule has 1 aliphatic carbocycles. The zero-order valence-corrected chi connectivity index (χ0v) is 23.1. The maximum atomic E-state index is 13.1. The fourth-order valence-corrected chi connectivity index (χ4v) is 5.85. The average molecular weight is 514 g/mol. The summed E-state index contributed by atoms with van der Waals surface area (Å²) in [6.45, 7) is 10.6. The second kappa shape index (κ2) is 10.2. The molecule has 3 aromatic heterocycles. The third kappa shape index (κ3) is 5.67. The molecule has 7 heteroatoms. The van der Waals surface area contributed by atoms with Crippen molar-refractivity contribution >= 4 is 33.8 Å². The van der Waals surface area contributed by atoms with Gasteiger partial charge in [0.15, 0.2) is 0 Å². The molecule has 1 aliphatic rings. The highest BCUT2D eigenvalue weighted by Gasteiger charge is 2.26. The predicted octanol–water partition coefficient (Wildman–Crippen LogP) is 6.82. The van der Waals surface area contributed by atoms with Crippen LogP contribution in [0.5, 0.6) is 0 Å². The summed E-state index contributed by atoms with van der Waals surface area (Å²) in [6.07, 6.45) is 5.65. The van der Waals surface area contributed by atoms with Gasteiger partial charge in [0.25, 0.3) is 5.91 Å². The van der Waals surface area contributed by atoms with Gasteiger partial charge in [-0.1, -0.05) is 38.5 Å². The number of fused-ring (bicyclic) bond motifs is 1. The number of hydrogen-bond donors (Lipinski definition) is 2. The molecule has 1 aromatic carbocycles. The van der Waals surface area contributed by atoms with E-state index >= 15 is 0 Å². The Bertz CT molecular complexity index is 1420. The van der Waals surface area contributed by atoms with Gasteiger partial charge in [-0.2, -0.15) is 0 Å². The molecule has 0 unspecified atom stereocenters. The van der Waals surface area contributed by atoms with E-state index in [9.17, 15) is 4.79 Å². The van der Waals surface area contributed by atoms with Gasteiger partial charge >= 0.3 is 0 Å². The number of benzene rings is 1. The number of pyridine rings is 2. The van der Waals surface area contributed by atoms with Crippen molar-refractivity contribution in [3.05, 3.63) is 70.5 Å². The van der Waals surface area contributed by atoms with Crippen LogP contribution >= 0.6 is 11.3 Å². The van der Waals surface area contributed by atoms with Gasteiger partial charge in [-0.25, -0.2) is 4.98 Å². The number of carbonyl (C=O) groups excluding carboxylic acids is 1. The molecule has 37 heavy (non-hydrogen) atoms. The van der Waals surface area contributed by atoms with Crippen LogP contribution in [0.1, 0.15) is 73.1 Å². The SMILES string of the molecule is Cc1ccc2nc(C(C)(C)C)cc(NC3CCC(NC(=O)c4sc(-c5ccccn5)nc4C)CC3)c2c1. The number of aromatic nitrogens is 3. The molecular weight excluding hydrogens is 478 g/mol. The Balaban J connectivity index is 1.24. The first-order valence-corrected chi connectivity index (χ1v) is 13.9. The molecule has 3 heterocycles. The predicted molar refractivity (Wildman–Crippen MR) is 152 cm³/mol. The first kappa shape index (κ1) is 25.3. The third-order valence-electron chi connectivity index (χ3n) is 7.04. The first-order valence-electron chi connectivity index (χ1n) is 13.1. The van der Waals surface area contributed by atoms with E-state index in [-0.39, 0.29) is 17.4 Å². The number of carbonyl (C=O) groups is 1. The standard InChI is InChI=1S/C30H35N5OS/c1-18-9-14-23-22(16-18)25(17-26(35-23)30(3,4)5)33-20-10-12-21(13-11-20)34-28(36)27-19(2)32-29(37-27)24-8-6-7-15-31-24/h6-9,14-17,20-21H,10-13H2,1-5H3,(H,33,35)(H,34,36). The van der Waals surface area contributed by atoms with Crippen molar-refractivity contribution in [3.63, 3.8) is 0 Å². The van der Waals surface area contributed by atoms with Crippen molar-refractivity contribution < 1.29 is 4.79 Å². The van der Waals surface area contributed by atoms with Crippen LogP contribution in [0.3, 0.4) is 0 Å². The number of aryl methyl sites for hydroxylation is 2. The van der Waals surface area contributed by atoms with Crippen LogP contribution in [0.4, 0.5) is 5.69 Å². The van der Waals surface area contributed by atoms with Gasteiger partial charge < -0.3 is 10.6 Å². The van der Waals surface area contributed by atoms with Crippen molar-refractivity contribution in [2.75, 3.05) is 5.32 Å². The topological polar surface area (TPSA) is 79.8 Å². The van der Waals surface area contributed by atoms with Gasteiger partial charge in [-0.05, 0) is 69.9 Å². The molecule has 6 nitrogen and oxygen atoms in total. The molecule has 1 fully saturated rings. The lowest BCUT2D eigenvalue weighted by Crippen LogP contribution is -2.40. The van der Waals surface area contributed by atoms with Crippen molar-refractivity contribution in [1.29, 1.82) is 0 Å². The van der Waals surface area contributed by atoms with Crippen molar-refractivity contribution in [2.24, 2.45) is 0 Å². The second-order valence-corrected chi connectivity index (χ2v) is 12.1. The van der Waals surface area contributed by atoms with Crippen LogP contribution in [0, 0.1) is 13.8 Å². The molecule has 0 aliphatic heterocycles. The maximum absolute atomic E-state index is 13.1. The number of amides is 1. The molecule has 192 valence electrons. The zero-order valence-electron chi connectivity index (χ0n) is 22.3. The molecule has 0 radical (unpaired) electrons. The maximum Gasteiger partial charge on any atom is 0.263 e. The van der Waals surface area contributed by atoms with Crippen molar-refractivity contribution in [2.45, 2.75) is 77.8 Å². The lowest BCUT2D eigenvalue weighted by Gasteiger charge is -2.31. The molecule has 0 atom stereocenters. The molecule has 0 bridgehead atoms. The van der Waals surface area contributed by atoms with Gasteiger partial charge in [0.2, 0.25) is 0 Å². The summed E-state index contributed by atoms with van der Waals surface area (Å²) in [5.41, 5.74) is 6.06.